The van der Waals surface area contributed by atoms with Crippen LogP contribution in [0.3, 0.4) is 0 Å². The van der Waals surface area contributed by atoms with Gasteiger partial charge in [-0.05, 0) is 26.7 Å². The van der Waals surface area contributed by atoms with E-state index in [0.29, 0.717) is 20.0 Å². The third-order valence-corrected chi connectivity index (χ3v) is 10.1. The van der Waals surface area contributed by atoms with Crippen LogP contribution in [0.25, 0.3) is 0 Å². The van der Waals surface area contributed by atoms with E-state index in [4.69, 9.17) is 5.73 Å². The van der Waals surface area contributed by atoms with Gasteiger partial charge in [-0.2, -0.15) is 0 Å². The summed E-state index contributed by atoms with van der Waals surface area (Å²) in [7, 11) is 0. The average Bonchev–Trinajstić information content (AvgIpc) is 3.77. The Labute approximate surface area is 263 Å². The summed E-state index contributed by atoms with van der Waals surface area (Å²) in [5.74, 6) is -2.39. The second-order valence-corrected chi connectivity index (χ2v) is 13.5. The quantitative estimate of drug-likeness (QED) is 0.145. The van der Waals surface area contributed by atoms with Crippen molar-refractivity contribution in [3.63, 3.8) is 0 Å². The van der Waals surface area contributed by atoms with Crippen LogP contribution in [0.5, 0.6) is 0 Å². The summed E-state index contributed by atoms with van der Waals surface area (Å²) < 4.78 is 0. The number of hydrogen-bond acceptors (Lipinski definition) is 13. The minimum absolute atomic E-state index is 0.0489. The first kappa shape index (κ1) is 32.3. The fraction of sp³-hybridized carbons (Fsp3) is 0.385. The molecular weight excluding hydrogens is 633 g/mol. The van der Waals surface area contributed by atoms with E-state index in [0.717, 1.165) is 0 Å². The Morgan fingerprint density at radius 3 is 1.40 bits per heavy atom. The van der Waals surface area contributed by atoms with Crippen LogP contribution in [0, 0.1) is 5.92 Å². The number of nitrogens with two attached hydrogens (primary N) is 1. The van der Waals surface area contributed by atoms with Gasteiger partial charge in [0.1, 0.15) is 37.1 Å². The van der Waals surface area contributed by atoms with Gasteiger partial charge in [0, 0.05) is 21.5 Å². The molecule has 0 aliphatic carbocycles. The highest BCUT2D eigenvalue weighted by Crippen LogP contribution is 2.27. The number of rotatable bonds is 12. The molecule has 0 aliphatic rings. The molecule has 0 radical (unpaired) electrons. The van der Waals surface area contributed by atoms with Crippen LogP contribution in [-0.2, 0) is 0 Å². The SMILES string of the molecule is CC(C)[C@H](NC(=O)c1csc([C@H](C)NC(=O)c2csc([C@H](C)NC(=O)c3csc([C@H](C)N)n3)n2)n1)c1nc(C(=O)O)cs1. The van der Waals surface area contributed by atoms with Gasteiger partial charge >= 0.3 is 5.97 Å². The molecule has 4 atom stereocenters. The first-order chi connectivity index (χ1) is 20.3. The second-order valence-electron chi connectivity index (χ2n) is 9.96. The minimum atomic E-state index is -1.13. The standard InChI is InChI=1S/C26H30N8O5S4/c1-10(2)18(25-33-17(9-43-25)26(38)39)34-21(37)16-8-42-24(32-16)13(5)29-20(36)15-7-41-23(31-15)12(4)28-19(35)14-6-40-22(30-14)11(3)27/h6-13,18H,27H2,1-5H3,(H,28,35)(H,29,36)(H,34,37)(H,38,39)/t11-,12-,13-,18-/m0/s1. The largest absolute Gasteiger partial charge is 0.476 e. The lowest BCUT2D eigenvalue weighted by atomic mass is 10.1. The van der Waals surface area contributed by atoms with Crippen LogP contribution < -0.4 is 21.7 Å². The van der Waals surface area contributed by atoms with Gasteiger partial charge in [-0.1, -0.05) is 13.8 Å². The summed E-state index contributed by atoms with van der Waals surface area (Å²) >= 11 is 4.96. The van der Waals surface area contributed by atoms with Gasteiger partial charge in [-0.25, -0.2) is 24.7 Å². The molecule has 0 aliphatic heterocycles. The number of carbonyl (C=O) groups is 4. The zero-order valence-electron chi connectivity index (χ0n) is 23.8. The van der Waals surface area contributed by atoms with E-state index in [1.165, 1.54) is 50.7 Å². The van der Waals surface area contributed by atoms with E-state index in [9.17, 15) is 24.3 Å². The van der Waals surface area contributed by atoms with Gasteiger partial charge in [-0.15, -0.1) is 45.3 Å². The van der Waals surface area contributed by atoms with Crippen molar-refractivity contribution in [3.05, 3.63) is 64.3 Å². The van der Waals surface area contributed by atoms with E-state index in [2.05, 4.69) is 35.9 Å². The fourth-order valence-corrected chi connectivity index (χ4v) is 7.09. The van der Waals surface area contributed by atoms with Crippen molar-refractivity contribution in [1.82, 2.24) is 35.9 Å². The van der Waals surface area contributed by atoms with E-state index in [-0.39, 0.29) is 40.6 Å². The Balaban J connectivity index is 1.34. The summed E-state index contributed by atoms with van der Waals surface area (Å²) in [6, 6.07) is -1.72. The van der Waals surface area contributed by atoms with Crippen LogP contribution in [0.1, 0.15) is 121 Å². The zero-order valence-corrected chi connectivity index (χ0v) is 27.0. The van der Waals surface area contributed by atoms with Gasteiger partial charge in [0.2, 0.25) is 0 Å². The van der Waals surface area contributed by atoms with Crippen LogP contribution in [0.4, 0.5) is 0 Å². The van der Waals surface area contributed by atoms with E-state index < -0.39 is 35.9 Å². The predicted octanol–water partition coefficient (Wildman–Crippen LogP) is 4.34. The number of aromatic nitrogens is 4. The van der Waals surface area contributed by atoms with Crippen LogP contribution in [0.2, 0.25) is 0 Å². The average molecular weight is 663 g/mol. The van der Waals surface area contributed by atoms with Crippen molar-refractivity contribution in [2.45, 2.75) is 58.8 Å². The highest BCUT2D eigenvalue weighted by Gasteiger charge is 2.26. The van der Waals surface area contributed by atoms with E-state index in [1.807, 2.05) is 13.8 Å². The lowest BCUT2D eigenvalue weighted by Crippen LogP contribution is -2.32. The first-order valence-electron chi connectivity index (χ1n) is 13.1. The van der Waals surface area contributed by atoms with E-state index in [1.54, 1.807) is 36.9 Å². The predicted molar refractivity (Wildman–Crippen MR) is 165 cm³/mol. The maximum Gasteiger partial charge on any atom is 0.355 e. The van der Waals surface area contributed by atoms with Crippen molar-refractivity contribution < 1.29 is 24.3 Å². The van der Waals surface area contributed by atoms with Crippen molar-refractivity contribution in [1.29, 1.82) is 0 Å². The topological polar surface area (TPSA) is 202 Å². The Hall–Kier alpha value is -3.64. The molecule has 0 fully saturated rings. The first-order valence-corrected chi connectivity index (χ1v) is 16.6. The van der Waals surface area contributed by atoms with Crippen molar-refractivity contribution in [2.75, 3.05) is 0 Å². The number of carboxylic acid groups (broad SMARTS) is 1. The molecule has 6 N–H and O–H groups in total. The number of nitrogens with zero attached hydrogens (tertiary/aromatic N) is 4. The Bertz CT molecular complexity index is 1620. The molecule has 0 saturated carbocycles. The third-order valence-electron chi connectivity index (χ3n) is 6.05. The molecule has 13 nitrogen and oxygen atoms in total. The lowest BCUT2D eigenvalue weighted by molar-refractivity contribution is 0.0690. The monoisotopic (exact) mass is 662 g/mol. The Morgan fingerprint density at radius 2 is 1.00 bits per heavy atom. The molecule has 0 aromatic carbocycles. The molecule has 228 valence electrons. The molecule has 0 spiro atoms. The van der Waals surface area contributed by atoms with Crippen LogP contribution in [0.15, 0.2) is 21.5 Å². The molecule has 0 saturated heterocycles. The van der Waals surface area contributed by atoms with Gasteiger partial charge in [0.05, 0.1) is 24.2 Å². The number of amides is 3. The van der Waals surface area contributed by atoms with Crippen molar-refractivity contribution in [2.24, 2.45) is 11.7 Å². The summed E-state index contributed by atoms with van der Waals surface area (Å²) in [5.41, 5.74) is 6.40. The fourth-order valence-electron chi connectivity index (χ4n) is 3.70. The Morgan fingerprint density at radius 1 is 0.628 bits per heavy atom. The molecule has 0 bridgehead atoms. The maximum atomic E-state index is 13.0. The summed E-state index contributed by atoms with van der Waals surface area (Å²) in [5, 5.41) is 26.3. The molecule has 4 heterocycles. The number of carbonyl (C=O) groups excluding carboxylic acids is 3. The Kier molecular flexibility index (Phi) is 10.3. The summed E-state index contributed by atoms with van der Waals surface area (Å²) in [6.45, 7) is 9.11. The highest BCUT2D eigenvalue weighted by molar-refractivity contribution is 7.10. The van der Waals surface area contributed by atoms with Gasteiger partial charge in [0.25, 0.3) is 17.7 Å². The number of carboxylic acids is 1. The van der Waals surface area contributed by atoms with Gasteiger partial charge in [-0.3, -0.25) is 14.4 Å². The minimum Gasteiger partial charge on any atom is -0.476 e. The lowest BCUT2D eigenvalue weighted by Gasteiger charge is -2.19. The maximum absolute atomic E-state index is 13.0. The van der Waals surface area contributed by atoms with E-state index >= 15 is 0 Å². The molecule has 3 amide bonds. The normalized spacial score (nSPS) is 14.1. The van der Waals surface area contributed by atoms with Gasteiger partial charge < -0.3 is 26.8 Å². The zero-order chi connectivity index (χ0) is 31.4. The number of hydrogen-bond donors (Lipinski definition) is 5. The summed E-state index contributed by atoms with van der Waals surface area (Å²) in [4.78, 5) is 66.9. The van der Waals surface area contributed by atoms with Crippen LogP contribution >= 0.6 is 45.3 Å². The van der Waals surface area contributed by atoms with Gasteiger partial charge in [0.15, 0.2) is 5.69 Å². The highest BCUT2D eigenvalue weighted by atomic mass is 32.1. The molecule has 17 heteroatoms. The number of thiazole rings is 4. The molecule has 0 unspecified atom stereocenters. The molecular formula is C26H30N8O5S4. The second kappa shape index (κ2) is 13.8. The van der Waals surface area contributed by atoms with Crippen molar-refractivity contribution >= 4 is 69.0 Å². The number of nitrogens with one attached hydrogen (secondary N) is 3. The van der Waals surface area contributed by atoms with Crippen molar-refractivity contribution in [3.8, 4) is 0 Å². The molecule has 4 aromatic heterocycles. The van der Waals surface area contributed by atoms with Crippen LogP contribution in [-0.4, -0.2) is 48.7 Å². The third kappa shape index (κ3) is 7.85. The smallest absolute Gasteiger partial charge is 0.355 e. The molecule has 43 heavy (non-hydrogen) atoms. The molecule has 4 aromatic rings. The number of aromatic carboxylic acids is 1. The molecule has 4 rings (SSSR count). The summed E-state index contributed by atoms with van der Waals surface area (Å²) in [6.07, 6.45) is 0.